The fraction of sp³-hybridized carbons (Fsp3) is 0.333. The third kappa shape index (κ3) is 4.39. The number of nitrogens with one attached hydrogen (secondary N) is 2. The summed E-state index contributed by atoms with van der Waals surface area (Å²) in [7, 11) is 0. The summed E-state index contributed by atoms with van der Waals surface area (Å²) in [6, 6.07) is 5.51. The molecule has 7 nitrogen and oxygen atoms in total. The Labute approximate surface area is 193 Å². The van der Waals surface area contributed by atoms with Crippen molar-refractivity contribution in [1.82, 2.24) is 29.8 Å². The van der Waals surface area contributed by atoms with Gasteiger partial charge in [0.2, 0.25) is 5.95 Å². The number of halogens is 2. The summed E-state index contributed by atoms with van der Waals surface area (Å²) in [5, 5.41) is 10.8. The van der Waals surface area contributed by atoms with Crippen LogP contribution in [0, 0.1) is 5.92 Å². The molecule has 0 bridgehead atoms. The van der Waals surface area contributed by atoms with E-state index in [9.17, 15) is 0 Å². The third-order valence-electron chi connectivity index (χ3n) is 5.39. The summed E-state index contributed by atoms with van der Waals surface area (Å²) < 4.78 is 2.14. The fourth-order valence-electron chi connectivity index (χ4n) is 3.91. The molecule has 31 heavy (non-hydrogen) atoms. The molecule has 1 aliphatic heterocycles. The molecule has 1 aliphatic rings. The molecule has 160 valence electrons. The van der Waals surface area contributed by atoms with Crippen LogP contribution in [0.3, 0.4) is 0 Å². The van der Waals surface area contributed by atoms with Crippen molar-refractivity contribution in [2.75, 3.05) is 18.4 Å². The van der Waals surface area contributed by atoms with Crippen LogP contribution in [0.1, 0.15) is 17.8 Å². The minimum atomic E-state index is 0.479. The topological polar surface area (TPSA) is 80.6 Å². The fourth-order valence-corrected chi connectivity index (χ4v) is 5.03. The van der Waals surface area contributed by atoms with Gasteiger partial charge in [0.25, 0.3) is 0 Å². The minimum Gasteiger partial charge on any atom is -0.348 e. The third-order valence-corrected chi connectivity index (χ3v) is 6.80. The largest absolute Gasteiger partial charge is 0.348 e. The molecular weight excluding hydrogens is 453 g/mol. The number of thiazole rings is 1. The van der Waals surface area contributed by atoms with Crippen molar-refractivity contribution in [3.8, 4) is 11.4 Å². The number of piperidine rings is 1. The summed E-state index contributed by atoms with van der Waals surface area (Å²) in [6.45, 7) is 3.39. The van der Waals surface area contributed by atoms with Crippen LogP contribution in [0.15, 0.2) is 36.0 Å². The number of imidazole rings is 1. The predicted octanol–water partition coefficient (Wildman–Crippen LogP) is 4.87. The first-order valence-corrected chi connectivity index (χ1v) is 11.8. The second-order valence-corrected chi connectivity index (χ2v) is 9.33. The van der Waals surface area contributed by atoms with Crippen molar-refractivity contribution in [2.24, 2.45) is 5.92 Å². The number of hydrogen-bond acceptors (Lipinski definition) is 7. The molecule has 4 heterocycles. The Kier molecular flexibility index (Phi) is 6.04. The van der Waals surface area contributed by atoms with Crippen LogP contribution in [-0.4, -0.2) is 37.6 Å². The smallest absolute Gasteiger partial charge is 0.225 e. The monoisotopic (exact) mass is 473 g/mol. The first-order chi connectivity index (χ1) is 15.2. The van der Waals surface area contributed by atoms with Gasteiger partial charge >= 0.3 is 0 Å². The number of fused-ring (bicyclic) bond motifs is 1. The predicted molar refractivity (Wildman–Crippen MR) is 126 cm³/mol. The second kappa shape index (κ2) is 9.08. The van der Waals surface area contributed by atoms with Crippen LogP contribution in [0.4, 0.5) is 5.95 Å². The minimum absolute atomic E-state index is 0.479. The molecule has 1 fully saturated rings. The molecule has 0 aliphatic carbocycles. The van der Waals surface area contributed by atoms with Gasteiger partial charge in [0.05, 0.1) is 28.4 Å². The lowest BCUT2D eigenvalue weighted by Crippen LogP contribution is -2.32. The van der Waals surface area contributed by atoms with Gasteiger partial charge in [-0.1, -0.05) is 29.3 Å². The van der Waals surface area contributed by atoms with Crippen LogP contribution in [0.25, 0.3) is 22.6 Å². The summed E-state index contributed by atoms with van der Waals surface area (Å²) in [5.41, 5.74) is 2.22. The van der Waals surface area contributed by atoms with Crippen molar-refractivity contribution >= 4 is 51.7 Å². The van der Waals surface area contributed by atoms with E-state index in [2.05, 4.69) is 25.2 Å². The van der Waals surface area contributed by atoms with Gasteiger partial charge in [0.1, 0.15) is 16.3 Å². The maximum absolute atomic E-state index is 6.54. The van der Waals surface area contributed by atoms with E-state index in [0.717, 1.165) is 60.0 Å². The summed E-state index contributed by atoms with van der Waals surface area (Å²) >= 11 is 14.7. The average molecular weight is 474 g/mol. The van der Waals surface area contributed by atoms with Gasteiger partial charge in [-0.15, -0.1) is 11.3 Å². The van der Waals surface area contributed by atoms with E-state index in [1.165, 1.54) is 0 Å². The van der Waals surface area contributed by atoms with Crippen LogP contribution in [0.5, 0.6) is 0 Å². The zero-order chi connectivity index (χ0) is 21.2. The highest BCUT2D eigenvalue weighted by Crippen LogP contribution is 2.36. The number of nitrogens with zero attached hydrogens (tertiary/aromatic N) is 5. The molecule has 0 saturated carbocycles. The summed E-state index contributed by atoms with van der Waals surface area (Å²) in [5.74, 6) is 1.75. The quantitative estimate of drug-likeness (QED) is 0.415. The lowest BCUT2D eigenvalue weighted by molar-refractivity contribution is 0.341. The van der Waals surface area contributed by atoms with E-state index >= 15 is 0 Å². The number of rotatable bonds is 6. The Balaban J connectivity index is 1.57. The second-order valence-electron chi connectivity index (χ2n) is 7.54. The Morgan fingerprint density at radius 1 is 1.19 bits per heavy atom. The molecule has 3 aromatic heterocycles. The number of benzene rings is 1. The van der Waals surface area contributed by atoms with E-state index in [0.29, 0.717) is 28.5 Å². The molecule has 1 aromatic carbocycles. The zero-order valence-electron chi connectivity index (χ0n) is 16.7. The molecule has 5 rings (SSSR count). The van der Waals surface area contributed by atoms with Crippen molar-refractivity contribution in [2.45, 2.75) is 25.9 Å². The lowest BCUT2D eigenvalue weighted by Gasteiger charge is -2.24. The Hall–Kier alpha value is -2.26. The molecule has 0 unspecified atom stereocenters. The van der Waals surface area contributed by atoms with Crippen molar-refractivity contribution in [1.29, 1.82) is 0 Å². The van der Waals surface area contributed by atoms with Crippen LogP contribution < -0.4 is 10.6 Å². The molecule has 1 saturated heterocycles. The molecular formula is C21H21Cl2N7S. The molecule has 0 amide bonds. The van der Waals surface area contributed by atoms with Crippen molar-refractivity contribution < 1.29 is 0 Å². The molecule has 2 N–H and O–H groups in total. The van der Waals surface area contributed by atoms with Crippen molar-refractivity contribution in [3.63, 3.8) is 0 Å². The van der Waals surface area contributed by atoms with Gasteiger partial charge in [-0.05, 0) is 44.0 Å². The van der Waals surface area contributed by atoms with E-state index in [-0.39, 0.29) is 0 Å². The van der Waals surface area contributed by atoms with E-state index < -0.39 is 0 Å². The maximum atomic E-state index is 6.54. The molecule has 0 radical (unpaired) electrons. The number of anilines is 1. The highest BCUT2D eigenvalue weighted by Gasteiger charge is 2.23. The lowest BCUT2D eigenvalue weighted by atomic mass is 9.99. The average Bonchev–Trinajstić information content (AvgIpc) is 3.41. The highest BCUT2D eigenvalue weighted by molar-refractivity contribution is 7.09. The Morgan fingerprint density at radius 3 is 2.81 bits per heavy atom. The highest BCUT2D eigenvalue weighted by atomic mass is 35.5. The van der Waals surface area contributed by atoms with Crippen LogP contribution in [-0.2, 0) is 13.1 Å². The molecule has 1 atom stereocenters. The first-order valence-electron chi connectivity index (χ1n) is 10.2. The van der Waals surface area contributed by atoms with E-state index in [1.54, 1.807) is 23.7 Å². The summed E-state index contributed by atoms with van der Waals surface area (Å²) in [4.78, 5) is 18.4. The molecule has 10 heteroatoms. The normalized spacial score (nSPS) is 16.6. The van der Waals surface area contributed by atoms with Gasteiger partial charge in [-0.2, -0.15) is 4.98 Å². The Morgan fingerprint density at radius 2 is 2.06 bits per heavy atom. The first kappa shape index (κ1) is 20.6. The van der Waals surface area contributed by atoms with Gasteiger partial charge in [0, 0.05) is 18.1 Å². The van der Waals surface area contributed by atoms with E-state index in [4.69, 9.17) is 33.2 Å². The SMILES string of the molecule is Clc1cccc(Cl)c1-c1nc2cnc(NCc3nccs3)nc2n1C[C@@H]1CCCNC1. The zero-order valence-corrected chi connectivity index (χ0v) is 19.0. The number of aromatic nitrogens is 5. The van der Waals surface area contributed by atoms with Gasteiger partial charge < -0.3 is 15.2 Å². The van der Waals surface area contributed by atoms with E-state index in [1.807, 2.05) is 23.6 Å². The van der Waals surface area contributed by atoms with Gasteiger partial charge in [-0.25, -0.2) is 15.0 Å². The maximum Gasteiger partial charge on any atom is 0.225 e. The Bertz CT molecular complexity index is 1170. The molecule has 0 spiro atoms. The summed E-state index contributed by atoms with van der Waals surface area (Å²) in [6.07, 6.45) is 5.85. The van der Waals surface area contributed by atoms with Gasteiger partial charge in [0.15, 0.2) is 5.65 Å². The van der Waals surface area contributed by atoms with Crippen LogP contribution in [0.2, 0.25) is 10.0 Å². The standard InChI is InChI=1S/C21H21Cl2N7S/c22-14-4-1-5-15(23)18(14)20-28-16-10-26-21(27-11-17-25-7-8-31-17)29-19(16)30(20)12-13-3-2-6-24-9-13/h1,4-5,7-8,10,13,24H,2-3,6,9,11-12H2,(H,26,27,29)/t13-/m1/s1. The number of hydrogen-bond donors (Lipinski definition) is 2. The van der Waals surface area contributed by atoms with Gasteiger partial charge in [-0.3, -0.25) is 0 Å². The molecule has 4 aromatic rings. The van der Waals surface area contributed by atoms with Crippen molar-refractivity contribution in [3.05, 3.63) is 51.0 Å². The van der Waals surface area contributed by atoms with Crippen LogP contribution >= 0.6 is 34.5 Å².